The van der Waals surface area contributed by atoms with E-state index in [-0.39, 0.29) is 24.3 Å². The molecule has 0 spiro atoms. The SMILES string of the molecule is NCCCC[C@H](N)C(=O)NCC(=O)Nc1ccc2c(c1)CN1C(=O)c3ccccc3C1=N2.O=C(O)C(F)(F)F.O=C(O)C(F)(F)F. The maximum atomic E-state index is 12.7. The predicted molar refractivity (Wildman–Crippen MR) is 149 cm³/mol. The number of rotatable bonds is 8. The average molecular weight is 663 g/mol. The summed E-state index contributed by atoms with van der Waals surface area (Å²) in [7, 11) is 0. The van der Waals surface area contributed by atoms with Crippen LogP contribution in [0.15, 0.2) is 47.5 Å². The van der Waals surface area contributed by atoms with Gasteiger partial charge in [-0.25, -0.2) is 14.6 Å². The Kier molecular flexibility index (Phi) is 12.8. The summed E-state index contributed by atoms with van der Waals surface area (Å²) >= 11 is 0. The van der Waals surface area contributed by atoms with E-state index in [1.54, 1.807) is 23.1 Å². The number of aliphatic carboxylic acids is 2. The summed E-state index contributed by atoms with van der Waals surface area (Å²) in [6.45, 7) is 0.755. The second-order valence-corrected chi connectivity index (χ2v) is 9.48. The molecule has 4 rings (SSSR count). The Morgan fingerprint density at radius 3 is 2.04 bits per heavy atom. The third-order valence-electron chi connectivity index (χ3n) is 6.03. The second kappa shape index (κ2) is 15.8. The van der Waals surface area contributed by atoms with Crippen molar-refractivity contribution in [2.75, 3.05) is 18.4 Å². The molecule has 0 saturated heterocycles. The van der Waals surface area contributed by atoms with Gasteiger partial charge in [0.15, 0.2) is 0 Å². The molecule has 2 aromatic rings. The molecular formula is C27H28F6N6O7. The number of hydrogen-bond donors (Lipinski definition) is 6. The number of alkyl halides is 6. The minimum atomic E-state index is -5.08. The molecule has 2 aliphatic heterocycles. The van der Waals surface area contributed by atoms with Crippen molar-refractivity contribution in [2.45, 2.75) is 44.2 Å². The summed E-state index contributed by atoms with van der Waals surface area (Å²) in [6, 6.07) is 12.1. The molecule has 13 nitrogen and oxygen atoms in total. The third-order valence-corrected chi connectivity index (χ3v) is 6.03. The van der Waals surface area contributed by atoms with Gasteiger partial charge >= 0.3 is 24.3 Å². The summed E-state index contributed by atoms with van der Waals surface area (Å²) < 4.78 is 63.5. The summed E-state index contributed by atoms with van der Waals surface area (Å²) in [4.78, 5) is 61.1. The molecule has 2 heterocycles. The monoisotopic (exact) mass is 662 g/mol. The Morgan fingerprint density at radius 1 is 0.935 bits per heavy atom. The molecule has 0 unspecified atom stereocenters. The minimum Gasteiger partial charge on any atom is -0.475 e. The molecule has 0 fully saturated rings. The van der Waals surface area contributed by atoms with Crippen molar-refractivity contribution in [1.82, 2.24) is 10.2 Å². The predicted octanol–water partition coefficient (Wildman–Crippen LogP) is 2.51. The number of hydrogen-bond acceptors (Lipinski definition) is 8. The van der Waals surface area contributed by atoms with Crippen molar-refractivity contribution in [3.8, 4) is 0 Å². The van der Waals surface area contributed by atoms with Crippen LogP contribution < -0.4 is 22.1 Å². The molecule has 2 aromatic carbocycles. The lowest BCUT2D eigenvalue weighted by molar-refractivity contribution is -0.193. The number of carbonyl (C=O) groups is 5. The molecule has 8 N–H and O–H groups in total. The van der Waals surface area contributed by atoms with E-state index in [9.17, 15) is 40.7 Å². The van der Waals surface area contributed by atoms with Crippen LogP contribution in [0.25, 0.3) is 0 Å². The van der Waals surface area contributed by atoms with E-state index in [0.29, 0.717) is 36.6 Å². The first-order valence-electron chi connectivity index (χ1n) is 13.1. The summed E-state index contributed by atoms with van der Waals surface area (Å²) in [5, 5.41) is 19.6. The van der Waals surface area contributed by atoms with E-state index in [1.165, 1.54) is 0 Å². The van der Waals surface area contributed by atoms with Crippen LogP contribution in [0, 0.1) is 0 Å². The number of nitrogens with zero attached hydrogens (tertiary/aromatic N) is 2. The van der Waals surface area contributed by atoms with Crippen LogP contribution in [0.1, 0.15) is 40.7 Å². The summed E-state index contributed by atoms with van der Waals surface area (Å²) in [5.74, 6) is -5.67. The van der Waals surface area contributed by atoms with Crippen LogP contribution in [0.2, 0.25) is 0 Å². The van der Waals surface area contributed by atoms with Gasteiger partial charge in [0.2, 0.25) is 11.8 Å². The van der Waals surface area contributed by atoms with Crippen LogP contribution >= 0.6 is 0 Å². The lowest BCUT2D eigenvalue weighted by atomic mass is 10.1. The Labute approximate surface area is 256 Å². The van der Waals surface area contributed by atoms with Crippen LogP contribution in [0.4, 0.5) is 37.7 Å². The molecule has 0 saturated carbocycles. The summed E-state index contributed by atoms with van der Waals surface area (Å²) in [5.41, 5.74) is 14.9. The number of nitrogens with two attached hydrogens (primary N) is 2. The van der Waals surface area contributed by atoms with E-state index in [4.69, 9.17) is 31.3 Å². The highest BCUT2D eigenvalue weighted by atomic mass is 19.4. The van der Waals surface area contributed by atoms with Gasteiger partial charge in [0, 0.05) is 11.3 Å². The van der Waals surface area contributed by atoms with Gasteiger partial charge in [0.25, 0.3) is 5.91 Å². The maximum Gasteiger partial charge on any atom is 0.490 e. The largest absolute Gasteiger partial charge is 0.490 e. The Morgan fingerprint density at radius 2 is 1.50 bits per heavy atom. The maximum absolute atomic E-state index is 12.7. The van der Waals surface area contributed by atoms with E-state index >= 15 is 0 Å². The smallest absolute Gasteiger partial charge is 0.475 e. The topological polar surface area (TPSA) is 218 Å². The highest BCUT2D eigenvalue weighted by Gasteiger charge is 2.39. The van der Waals surface area contributed by atoms with Gasteiger partial charge in [-0.15, -0.1) is 0 Å². The van der Waals surface area contributed by atoms with Crippen molar-refractivity contribution >= 4 is 46.9 Å². The van der Waals surface area contributed by atoms with Crippen molar-refractivity contribution in [3.63, 3.8) is 0 Å². The number of carboxylic acid groups (broad SMARTS) is 2. The van der Waals surface area contributed by atoms with E-state index < -0.39 is 30.3 Å². The van der Waals surface area contributed by atoms with E-state index in [1.807, 2.05) is 24.3 Å². The first kappa shape index (κ1) is 37.1. The number of anilines is 1. The lowest BCUT2D eigenvalue weighted by Crippen LogP contribution is -2.43. The zero-order valence-corrected chi connectivity index (χ0v) is 23.6. The fourth-order valence-electron chi connectivity index (χ4n) is 3.85. The van der Waals surface area contributed by atoms with Crippen molar-refractivity contribution in [2.24, 2.45) is 16.5 Å². The number of carboxylic acids is 2. The highest BCUT2D eigenvalue weighted by Crippen LogP contribution is 2.35. The molecule has 46 heavy (non-hydrogen) atoms. The normalized spacial score (nSPS) is 13.7. The Bertz CT molecular complexity index is 1470. The van der Waals surface area contributed by atoms with Gasteiger partial charge in [-0.05, 0) is 49.2 Å². The number of carbonyl (C=O) groups excluding carboxylic acids is 3. The Balaban J connectivity index is 0.000000440. The van der Waals surface area contributed by atoms with Crippen LogP contribution in [0.5, 0.6) is 0 Å². The molecule has 250 valence electrons. The van der Waals surface area contributed by atoms with E-state index in [0.717, 1.165) is 29.7 Å². The number of nitrogens with one attached hydrogen (secondary N) is 2. The molecule has 0 radical (unpaired) electrons. The standard InChI is InChI=1S/C23H26N6O3.2C2HF3O2/c24-10-4-3-7-18(25)22(31)26-12-20(30)27-15-8-9-19-14(11-15)13-29-21(28-19)16-5-1-2-6-17(16)23(29)32;2*3-2(4,5)1(6)7/h1-2,5-6,8-9,11,18H,3-4,7,10,12-13,24-25H2,(H,26,31)(H,27,30);2*(H,6,7)/t18-;;/m0../s1. The second-order valence-electron chi connectivity index (χ2n) is 9.48. The number of unbranched alkanes of at least 4 members (excludes halogenated alkanes) is 1. The number of amides is 3. The molecule has 0 bridgehead atoms. The molecule has 1 atom stereocenters. The molecule has 0 aromatic heterocycles. The first-order valence-corrected chi connectivity index (χ1v) is 13.1. The number of fused-ring (bicyclic) bond motifs is 4. The number of halogens is 6. The van der Waals surface area contributed by atoms with E-state index in [2.05, 4.69) is 15.6 Å². The molecular weight excluding hydrogens is 634 g/mol. The highest BCUT2D eigenvalue weighted by molar-refractivity contribution is 6.24. The fraction of sp³-hybridized carbons (Fsp3) is 0.333. The van der Waals surface area contributed by atoms with Crippen molar-refractivity contribution in [3.05, 3.63) is 59.2 Å². The summed E-state index contributed by atoms with van der Waals surface area (Å²) in [6.07, 6.45) is -8.07. The lowest BCUT2D eigenvalue weighted by Gasteiger charge is -2.24. The van der Waals surface area contributed by atoms with Gasteiger partial charge < -0.3 is 32.3 Å². The molecule has 19 heteroatoms. The van der Waals surface area contributed by atoms with Crippen LogP contribution in [0.3, 0.4) is 0 Å². The number of benzene rings is 2. The molecule has 3 amide bonds. The van der Waals surface area contributed by atoms with Gasteiger partial charge in [-0.2, -0.15) is 26.3 Å². The van der Waals surface area contributed by atoms with Gasteiger partial charge in [0.1, 0.15) is 5.84 Å². The molecule has 2 aliphatic rings. The molecule has 0 aliphatic carbocycles. The van der Waals surface area contributed by atoms with Crippen molar-refractivity contribution < 1.29 is 60.5 Å². The fourth-order valence-corrected chi connectivity index (χ4v) is 3.85. The zero-order chi connectivity index (χ0) is 34.8. The van der Waals surface area contributed by atoms with Gasteiger partial charge in [-0.3, -0.25) is 19.3 Å². The van der Waals surface area contributed by atoms with Crippen LogP contribution in [-0.4, -0.2) is 82.1 Å². The quantitative estimate of drug-likeness (QED) is 0.181. The number of aliphatic imine (C=N–C) groups is 1. The number of amidine groups is 1. The van der Waals surface area contributed by atoms with Gasteiger partial charge in [-0.1, -0.05) is 24.6 Å². The Hall–Kier alpha value is -5.04. The average Bonchev–Trinajstić information content (AvgIpc) is 3.25. The van der Waals surface area contributed by atoms with Gasteiger partial charge in [0.05, 0.1) is 30.4 Å². The third kappa shape index (κ3) is 10.5. The first-order chi connectivity index (χ1) is 21.4. The minimum absolute atomic E-state index is 0.0787. The van der Waals surface area contributed by atoms with Crippen LogP contribution in [-0.2, 0) is 25.7 Å². The zero-order valence-electron chi connectivity index (χ0n) is 23.6. The van der Waals surface area contributed by atoms with Crippen molar-refractivity contribution in [1.29, 1.82) is 0 Å².